The number of nitrogens with zero attached hydrogens (tertiary/aromatic N) is 2. The topological polar surface area (TPSA) is 50.8 Å². The summed E-state index contributed by atoms with van der Waals surface area (Å²) in [6.45, 7) is 3.38. The average Bonchev–Trinajstić information content (AvgIpc) is 2.31. The number of hydrogen-bond acceptors (Lipinski definition) is 3. The van der Waals surface area contributed by atoms with Crippen molar-refractivity contribution in [3.05, 3.63) is 24.3 Å². The number of ether oxygens (including phenoxy) is 1. The molecule has 0 atom stereocenters. The van der Waals surface area contributed by atoms with Crippen LogP contribution < -0.4 is 10.6 Å². The summed E-state index contributed by atoms with van der Waals surface area (Å²) in [5, 5.41) is 0. The zero-order valence-electron chi connectivity index (χ0n) is 8.60. The van der Waals surface area contributed by atoms with Gasteiger partial charge < -0.3 is 15.4 Å². The van der Waals surface area contributed by atoms with Crippen molar-refractivity contribution in [2.75, 3.05) is 31.2 Å². The Labute approximate surface area is 89.4 Å². The summed E-state index contributed by atoms with van der Waals surface area (Å²) in [6.07, 6.45) is 1.33. The number of para-hydroxylation sites is 2. The third-order valence-electron chi connectivity index (χ3n) is 2.45. The van der Waals surface area contributed by atoms with Crippen LogP contribution in [0.5, 0.6) is 0 Å². The molecule has 0 aromatic heterocycles. The predicted octanol–water partition coefficient (Wildman–Crippen LogP) is 1.14. The largest absolute Gasteiger partial charge is 0.390 e. The minimum atomic E-state index is 0.778. The fraction of sp³-hybridized carbons (Fsp3) is 0.364. The highest BCUT2D eigenvalue weighted by molar-refractivity contribution is 5.71. The van der Waals surface area contributed by atoms with Crippen LogP contribution in [0.2, 0.25) is 0 Å². The van der Waals surface area contributed by atoms with Crippen LogP contribution in [0.1, 0.15) is 0 Å². The molecule has 4 heteroatoms. The minimum absolute atomic E-state index is 0.778. The second-order valence-corrected chi connectivity index (χ2v) is 3.37. The molecular weight excluding hydrogens is 190 g/mol. The van der Waals surface area contributed by atoms with Gasteiger partial charge in [-0.1, -0.05) is 12.1 Å². The number of rotatable bonds is 2. The molecule has 0 bridgehead atoms. The normalized spacial score (nSPS) is 17.2. The molecule has 1 aromatic carbocycles. The maximum Gasteiger partial charge on any atom is 0.0880 e. The molecule has 0 amide bonds. The van der Waals surface area contributed by atoms with E-state index in [2.05, 4.69) is 16.0 Å². The highest BCUT2D eigenvalue weighted by Gasteiger charge is 2.13. The van der Waals surface area contributed by atoms with Gasteiger partial charge in [0.25, 0.3) is 0 Å². The standard InChI is InChI=1S/C11H15N3O/c12-9-13-10-3-1-2-4-11(10)14-5-7-15-8-6-14/h1-4,9H,5-8H2,(H2,12,13). The molecule has 1 aliphatic rings. The second kappa shape index (κ2) is 4.79. The maximum atomic E-state index is 5.32. The van der Waals surface area contributed by atoms with E-state index in [0.29, 0.717) is 0 Å². The van der Waals surface area contributed by atoms with Crippen molar-refractivity contribution in [1.82, 2.24) is 0 Å². The fourth-order valence-corrected chi connectivity index (χ4v) is 1.73. The quantitative estimate of drug-likeness (QED) is 0.582. The van der Waals surface area contributed by atoms with Crippen LogP contribution in [0.3, 0.4) is 0 Å². The van der Waals surface area contributed by atoms with Crippen molar-refractivity contribution in [2.45, 2.75) is 0 Å². The molecule has 2 rings (SSSR count). The first kappa shape index (κ1) is 9.98. The first-order valence-electron chi connectivity index (χ1n) is 5.08. The lowest BCUT2D eigenvalue weighted by Gasteiger charge is -2.29. The summed E-state index contributed by atoms with van der Waals surface area (Å²) in [5.41, 5.74) is 7.37. The van der Waals surface area contributed by atoms with Crippen LogP contribution >= 0.6 is 0 Å². The molecule has 1 heterocycles. The van der Waals surface area contributed by atoms with Gasteiger partial charge in [-0.15, -0.1) is 0 Å². The van der Waals surface area contributed by atoms with Crippen LogP contribution in [-0.4, -0.2) is 32.6 Å². The molecule has 15 heavy (non-hydrogen) atoms. The summed E-state index contributed by atoms with van der Waals surface area (Å²) in [6, 6.07) is 8.01. The van der Waals surface area contributed by atoms with Gasteiger partial charge in [0.2, 0.25) is 0 Å². The fourth-order valence-electron chi connectivity index (χ4n) is 1.73. The van der Waals surface area contributed by atoms with Crippen molar-refractivity contribution < 1.29 is 4.74 Å². The van der Waals surface area contributed by atoms with Gasteiger partial charge in [-0.25, -0.2) is 4.99 Å². The van der Waals surface area contributed by atoms with Crippen LogP contribution in [0, 0.1) is 0 Å². The van der Waals surface area contributed by atoms with Crippen LogP contribution in [0.25, 0.3) is 0 Å². The molecule has 4 nitrogen and oxygen atoms in total. The smallest absolute Gasteiger partial charge is 0.0880 e. The van der Waals surface area contributed by atoms with Crippen molar-refractivity contribution >= 4 is 17.7 Å². The second-order valence-electron chi connectivity index (χ2n) is 3.37. The third-order valence-corrected chi connectivity index (χ3v) is 2.45. The lowest BCUT2D eigenvalue weighted by molar-refractivity contribution is 0.123. The van der Waals surface area contributed by atoms with Crippen LogP contribution in [0.4, 0.5) is 11.4 Å². The summed E-state index contributed by atoms with van der Waals surface area (Å²) < 4.78 is 5.32. The van der Waals surface area contributed by atoms with E-state index in [9.17, 15) is 0 Å². The Morgan fingerprint density at radius 2 is 2.00 bits per heavy atom. The number of anilines is 1. The number of benzene rings is 1. The Morgan fingerprint density at radius 1 is 1.27 bits per heavy atom. The average molecular weight is 205 g/mol. The molecule has 1 saturated heterocycles. The van der Waals surface area contributed by atoms with Gasteiger partial charge in [0, 0.05) is 13.1 Å². The van der Waals surface area contributed by atoms with Crippen molar-refractivity contribution in [3.8, 4) is 0 Å². The van der Waals surface area contributed by atoms with Gasteiger partial charge in [0.05, 0.1) is 30.9 Å². The molecule has 0 unspecified atom stereocenters. The van der Waals surface area contributed by atoms with E-state index >= 15 is 0 Å². The van der Waals surface area contributed by atoms with E-state index in [0.717, 1.165) is 37.7 Å². The van der Waals surface area contributed by atoms with E-state index in [1.165, 1.54) is 6.34 Å². The minimum Gasteiger partial charge on any atom is -0.390 e. The van der Waals surface area contributed by atoms with Crippen LogP contribution in [0.15, 0.2) is 29.3 Å². The van der Waals surface area contributed by atoms with E-state index in [1.807, 2.05) is 18.2 Å². The Bertz CT molecular complexity index is 345. The molecule has 0 radical (unpaired) electrons. The monoisotopic (exact) mass is 205 g/mol. The van der Waals surface area contributed by atoms with Gasteiger partial charge in [0.1, 0.15) is 0 Å². The van der Waals surface area contributed by atoms with E-state index in [4.69, 9.17) is 10.5 Å². The van der Waals surface area contributed by atoms with Crippen LogP contribution in [-0.2, 0) is 4.74 Å². The van der Waals surface area contributed by atoms with Crippen molar-refractivity contribution in [2.24, 2.45) is 10.7 Å². The summed E-state index contributed by atoms with van der Waals surface area (Å²) in [4.78, 5) is 6.42. The first-order chi connectivity index (χ1) is 7.42. The Morgan fingerprint density at radius 3 is 2.73 bits per heavy atom. The summed E-state index contributed by atoms with van der Waals surface area (Å²) in [5.74, 6) is 0. The van der Waals surface area contributed by atoms with Gasteiger partial charge >= 0.3 is 0 Å². The molecule has 0 aliphatic carbocycles. The maximum absolute atomic E-state index is 5.32. The lowest BCUT2D eigenvalue weighted by atomic mass is 10.2. The first-order valence-corrected chi connectivity index (χ1v) is 5.08. The third kappa shape index (κ3) is 2.27. The molecule has 0 spiro atoms. The lowest BCUT2D eigenvalue weighted by Crippen LogP contribution is -2.36. The Hall–Kier alpha value is -1.55. The predicted molar refractivity (Wildman–Crippen MR) is 61.8 cm³/mol. The number of aliphatic imine (C=N–C) groups is 1. The van der Waals surface area contributed by atoms with Gasteiger partial charge in [-0.3, -0.25) is 0 Å². The van der Waals surface area contributed by atoms with Gasteiger partial charge in [-0.05, 0) is 12.1 Å². The van der Waals surface area contributed by atoms with E-state index < -0.39 is 0 Å². The van der Waals surface area contributed by atoms with Gasteiger partial charge in [0.15, 0.2) is 0 Å². The molecule has 1 aromatic rings. The molecule has 1 aliphatic heterocycles. The molecular formula is C11H15N3O. The highest BCUT2D eigenvalue weighted by Crippen LogP contribution is 2.28. The van der Waals surface area contributed by atoms with E-state index in [1.54, 1.807) is 0 Å². The Kier molecular flexibility index (Phi) is 3.19. The highest BCUT2D eigenvalue weighted by atomic mass is 16.5. The summed E-state index contributed by atoms with van der Waals surface area (Å²) >= 11 is 0. The Balaban J connectivity index is 2.25. The number of nitrogens with two attached hydrogens (primary N) is 1. The number of morpholine rings is 1. The molecule has 2 N–H and O–H groups in total. The van der Waals surface area contributed by atoms with Gasteiger partial charge in [-0.2, -0.15) is 0 Å². The number of hydrogen-bond donors (Lipinski definition) is 1. The SMILES string of the molecule is NC=Nc1ccccc1N1CCOCC1. The molecule has 80 valence electrons. The zero-order valence-corrected chi connectivity index (χ0v) is 8.60. The molecule has 1 fully saturated rings. The van der Waals surface area contributed by atoms with E-state index in [-0.39, 0.29) is 0 Å². The molecule has 0 saturated carbocycles. The zero-order chi connectivity index (χ0) is 10.5. The van der Waals surface area contributed by atoms with Crippen molar-refractivity contribution in [1.29, 1.82) is 0 Å². The summed E-state index contributed by atoms with van der Waals surface area (Å²) in [7, 11) is 0. The van der Waals surface area contributed by atoms with Crippen molar-refractivity contribution in [3.63, 3.8) is 0 Å².